The van der Waals surface area contributed by atoms with Gasteiger partial charge in [0, 0.05) is 77.8 Å². The fraction of sp³-hybridized carbons (Fsp3) is 0.205. The topological polar surface area (TPSA) is 234 Å². The third-order valence-electron chi connectivity index (χ3n) is 10.3. The van der Waals surface area contributed by atoms with E-state index in [-0.39, 0.29) is 60.7 Å². The molecule has 0 radical (unpaired) electrons. The molecule has 1 aliphatic heterocycles. The Labute approximate surface area is 355 Å². The minimum absolute atomic E-state index is 0.0411. The Morgan fingerprint density at radius 3 is 1.76 bits per heavy atom. The van der Waals surface area contributed by atoms with Gasteiger partial charge in [-0.2, -0.15) is 0 Å². The van der Waals surface area contributed by atoms with Crippen molar-refractivity contribution < 1.29 is 33.4 Å². The number of nitrogens with two attached hydrogens (primary N) is 1. The van der Waals surface area contributed by atoms with Crippen LogP contribution in [0.25, 0.3) is 11.1 Å². The number of esters is 1. The van der Waals surface area contributed by atoms with Crippen LogP contribution < -0.4 is 31.7 Å². The third-order valence-corrected chi connectivity index (χ3v) is 10.3. The molecule has 7 N–H and O–H groups in total. The predicted molar refractivity (Wildman–Crippen MR) is 231 cm³/mol. The van der Waals surface area contributed by atoms with Gasteiger partial charge in [-0.3, -0.25) is 29.3 Å². The highest BCUT2D eigenvalue weighted by Gasteiger charge is 2.45. The number of rotatable bonds is 15. The number of hydrogen-bond acceptors (Lipinski definition) is 9. The van der Waals surface area contributed by atoms with Gasteiger partial charge in [0.15, 0.2) is 5.60 Å². The van der Waals surface area contributed by atoms with Crippen molar-refractivity contribution >= 4 is 52.5 Å². The summed E-state index contributed by atoms with van der Waals surface area (Å²) < 4.78 is 18.0. The average molecular weight is 840 g/mol. The monoisotopic (exact) mass is 839 g/mol. The molecule has 1 atom stereocenters. The highest BCUT2D eigenvalue weighted by atomic mass is 16.6. The maximum Gasteiger partial charge on any atom is 0.334 e. The van der Waals surface area contributed by atoms with Gasteiger partial charge in [0.1, 0.15) is 29.4 Å². The molecule has 4 amide bonds. The number of nitrogens with zero attached hydrogens (tertiary/aromatic N) is 5. The second-order valence-corrected chi connectivity index (χ2v) is 15.0. The van der Waals surface area contributed by atoms with Crippen LogP contribution in [0.3, 0.4) is 0 Å². The highest BCUT2D eigenvalue weighted by Crippen LogP contribution is 2.40. The summed E-state index contributed by atoms with van der Waals surface area (Å²) in [5.41, 5.74) is 9.28. The number of anilines is 3. The number of nitrogens with one attached hydrogen (secondary N) is 5. The van der Waals surface area contributed by atoms with Crippen LogP contribution in [0.2, 0.25) is 0 Å². The zero-order chi connectivity index (χ0) is 44.3. The molecule has 62 heavy (non-hydrogen) atoms. The Kier molecular flexibility index (Phi) is 11.7. The Balaban J connectivity index is 0.965. The zero-order valence-electron chi connectivity index (χ0n) is 34.4. The molecule has 5 heterocycles. The fourth-order valence-electron chi connectivity index (χ4n) is 7.10. The molecular weight excluding hydrogens is 795 g/mol. The van der Waals surface area contributed by atoms with Crippen LogP contribution in [0, 0.1) is 5.41 Å². The van der Waals surface area contributed by atoms with Crippen molar-refractivity contribution in [3.05, 3.63) is 138 Å². The van der Waals surface area contributed by atoms with E-state index in [9.17, 15) is 24.0 Å². The van der Waals surface area contributed by atoms with Crippen LogP contribution in [-0.2, 0) is 43.3 Å². The summed E-state index contributed by atoms with van der Waals surface area (Å²) in [6, 6.07) is 23.6. The van der Waals surface area contributed by atoms with Crippen LogP contribution >= 0.6 is 0 Å². The number of cyclic esters (lactones) is 1. The fourth-order valence-corrected chi connectivity index (χ4v) is 7.10. The zero-order valence-corrected chi connectivity index (χ0v) is 34.4. The van der Waals surface area contributed by atoms with E-state index < -0.39 is 29.3 Å². The molecule has 0 bridgehead atoms. The van der Waals surface area contributed by atoms with Crippen molar-refractivity contribution in [1.82, 2.24) is 28.8 Å². The van der Waals surface area contributed by atoms with E-state index in [1.807, 2.05) is 54.6 Å². The Bertz CT molecular complexity index is 2720. The van der Waals surface area contributed by atoms with E-state index in [1.54, 1.807) is 60.5 Å². The summed E-state index contributed by atoms with van der Waals surface area (Å²) in [5.74, 6) is -2.29. The molecule has 2 aromatic carbocycles. The number of benzene rings is 2. The second-order valence-electron chi connectivity index (χ2n) is 15.0. The van der Waals surface area contributed by atoms with Crippen LogP contribution in [0.5, 0.6) is 5.88 Å². The van der Waals surface area contributed by atoms with Crippen molar-refractivity contribution in [3.63, 3.8) is 0 Å². The molecule has 1 unspecified atom stereocenters. The summed E-state index contributed by atoms with van der Waals surface area (Å²) in [6.07, 6.45) is 5.18. The molecule has 18 nitrogen and oxygen atoms in total. The molecule has 6 aromatic rings. The van der Waals surface area contributed by atoms with E-state index in [0.29, 0.717) is 28.3 Å². The Morgan fingerprint density at radius 1 is 0.758 bits per heavy atom. The van der Waals surface area contributed by atoms with Crippen LogP contribution in [0.4, 0.5) is 17.1 Å². The summed E-state index contributed by atoms with van der Waals surface area (Å²) in [5, 5.41) is 22.7. The molecule has 1 aliphatic rings. The molecule has 0 saturated carbocycles. The van der Waals surface area contributed by atoms with Gasteiger partial charge in [0.25, 0.3) is 23.6 Å². The second kappa shape index (κ2) is 17.2. The highest BCUT2D eigenvalue weighted by molar-refractivity contribution is 6.08. The van der Waals surface area contributed by atoms with Crippen LogP contribution in [0.1, 0.15) is 60.4 Å². The van der Waals surface area contributed by atoms with Gasteiger partial charge in [-0.1, -0.05) is 61.2 Å². The molecule has 7 rings (SSSR count). The van der Waals surface area contributed by atoms with Crippen LogP contribution in [-0.4, -0.2) is 72.1 Å². The van der Waals surface area contributed by atoms with Crippen molar-refractivity contribution in [2.75, 3.05) is 29.1 Å². The maximum absolute atomic E-state index is 13.5. The van der Waals surface area contributed by atoms with E-state index in [2.05, 4.69) is 32.9 Å². The largest absolute Gasteiger partial charge is 0.472 e. The summed E-state index contributed by atoms with van der Waals surface area (Å²) in [7, 11) is 6.55. The lowest BCUT2D eigenvalue weighted by Crippen LogP contribution is -2.33. The maximum atomic E-state index is 13.5. The number of carbonyl (C=O) groups excluding carboxylic acids is 5. The molecule has 4 aromatic heterocycles. The molecular formula is C44H45N11O7. The summed E-state index contributed by atoms with van der Waals surface area (Å²) in [4.78, 5) is 65.3. The quantitative estimate of drug-likeness (QED) is 0.0364. The summed E-state index contributed by atoms with van der Waals surface area (Å²) in [6.45, 7) is 4.00. The first-order chi connectivity index (χ1) is 29.6. The number of aryl methyl sites for hydroxylation is 4. The average Bonchev–Trinajstić information content (AvgIpc) is 4.05. The van der Waals surface area contributed by atoms with Crippen molar-refractivity contribution in [2.24, 2.45) is 33.9 Å². The van der Waals surface area contributed by atoms with Crippen molar-refractivity contribution in [1.29, 1.82) is 5.41 Å². The normalized spacial score (nSPS) is 14.6. The lowest BCUT2D eigenvalue weighted by Gasteiger charge is -2.27. The lowest BCUT2D eigenvalue weighted by molar-refractivity contribution is -0.150. The standard InChI is InChI=1S/C44H45N11O7/c1-26-21-44(62-43(26)60,29-13-11-28(12-14-29)27-9-7-6-8-10-27)25-61-38-20-36(55(5)51-38)42(59)50-32-19-35(54(4)24-32)41(58)49-31-18-34(53(3)23-31)40(57)48-30-17-33(52(2)22-30)39(56)47-16-15-37(45)46/h6-14,17-20,22-24H,1,15-16,21,25H2,2-5H3,(H3,45,46)(H,47,56)(H,48,57)(H,49,58)(H,50,59). The van der Waals surface area contributed by atoms with Crippen molar-refractivity contribution in [3.8, 4) is 17.0 Å². The van der Waals surface area contributed by atoms with Crippen LogP contribution in [0.15, 0.2) is 110 Å². The molecule has 1 fully saturated rings. The van der Waals surface area contributed by atoms with Gasteiger partial charge in [-0.25, -0.2) is 4.79 Å². The Morgan fingerprint density at radius 2 is 1.26 bits per heavy atom. The van der Waals surface area contributed by atoms with E-state index in [0.717, 1.165) is 16.7 Å². The van der Waals surface area contributed by atoms with Gasteiger partial charge < -0.3 is 50.2 Å². The first kappa shape index (κ1) is 42.0. The molecule has 0 aliphatic carbocycles. The predicted octanol–water partition coefficient (Wildman–Crippen LogP) is 4.69. The molecule has 318 valence electrons. The first-order valence-electron chi connectivity index (χ1n) is 19.4. The van der Waals surface area contributed by atoms with Gasteiger partial charge in [0.05, 0.1) is 22.9 Å². The smallest absolute Gasteiger partial charge is 0.334 e. The Hall–Kier alpha value is -8.15. The first-order valence-corrected chi connectivity index (χ1v) is 19.4. The van der Waals surface area contributed by atoms with Gasteiger partial charge in [-0.05, 0) is 34.9 Å². The van der Waals surface area contributed by atoms with E-state index >= 15 is 0 Å². The van der Waals surface area contributed by atoms with Gasteiger partial charge in [0.2, 0.25) is 5.88 Å². The molecule has 0 spiro atoms. The number of amides is 4. The lowest BCUT2D eigenvalue weighted by atomic mass is 9.89. The minimum Gasteiger partial charge on any atom is -0.472 e. The summed E-state index contributed by atoms with van der Waals surface area (Å²) >= 11 is 0. The number of ether oxygens (including phenoxy) is 2. The van der Waals surface area contributed by atoms with E-state index in [1.165, 1.54) is 28.9 Å². The molecule has 18 heteroatoms. The number of amidine groups is 1. The van der Waals surface area contributed by atoms with Gasteiger partial charge >= 0.3 is 5.97 Å². The number of hydrogen-bond donors (Lipinski definition) is 6. The number of carbonyl (C=O) groups is 5. The van der Waals surface area contributed by atoms with Crippen molar-refractivity contribution in [2.45, 2.75) is 18.4 Å². The van der Waals surface area contributed by atoms with E-state index in [4.69, 9.17) is 20.6 Å². The third kappa shape index (κ3) is 9.03. The minimum atomic E-state index is -1.15. The van der Waals surface area contributed by atoms with Gasteiger partial charge in [-0.15, -0.1) is 5.10 Å². The number of aromatic nitrogens is 5. The molecule has 1 saturated heterocycles. The SMILES string of the molecule is C=C1CC(COc2cc(C(=O)Nc3cc(C(=O)Nc4cc(C(=O)Nc5cc(C(=O)NCCC(=N)N)n(C)c5)n(C)c4)n(C)c3)n(C)n2)(c2ccc(-c3ccccc3)cc2)OC1=O.